The van der Waals surface area contributed by atoms with Crippen molar-refractivity contribution >= 4 is 29.1 Å². The number of amides is 1. The molecule has 122 valence electrons. The van der Waals surface area contributed by atoms with Gasteiger partial charge in [-0.3, -0.25) is 4.79 Å². The fourth-order valence-electron chi connectivity index (χ4n) is 2.25. The maximum Gasteiger partial charge on any atom is 0.222 e. The van der Waals surface area contributed by atoms with Crippen molar-refractivity contribution in [2.45, 2.75) is 13.0 Å². The molecule has 0 aliphatic rings. The number of halogens is 3. The first-order valence-corrected chi connectivity index (χ1v) is 7.90. The molecule has 1 atom stereocenters. The van der Waals surface area contributed by atoms with Crippen LogP contribution in [0.25, 0.3) is 0 Å². The lowest BCUT2D eigenvalue weighted by molar-refractivity contribution is -0.121. The van der Waals surface area contributed by atoms with Gasteiger partial charge in [0.1, 0.15) is 5.82 Å². The first-order chi connectivity index (χ1) is 11.0. The molecule has 2 aromatic rings. The van der Waals surface area contributed by atoms with Gasteiger partial charge in [-0.05, 0) is 36.2 Å². The average molecular weight is 355 g/mol. The van der Waals surface area contributed by atoms with Crippen molar-refractivity contribution in [3.8, 4) is 0 Å². The van der Waals surface area contributed by atoms with Crippen molar-refractivity contribution in [3.63, 3.8) is 0 Å². The van der Waals surface area contributed by atoms with E-state index in [-0.39, 0.29) is 5.82 Å². The maximum atomic E-state index is 12.9. The third-order valence-electron chi connectivity index (χ3n) is 3.55. The molecule has 0 fully saturated rings. The molecule has 23 heavy (non-hydrogen) atoms. The monoisotopic (exact) mass is 354 g/mol. The molecule has 0 spiro atoms. The van der Waals surface area contributed by atoms with E-state index in [0.29, 0.717) is 29.6 Å². The van der Waals surface area contributed by atoms with E-state index in [1.54, 1.807) is 30.3 Å². The van der Waals surface area contributed by atoms with E-state index < -0.39 is 11.8 Å². The number of hydrogen-bond acceptors (Lipinski definition) is 2. The van der Waals surface area contributed by atoms with Gasteiger partial charge in [0.15, 0.2) is 0 Å². The second-order valence-electron chi connectivity index (χ2n) is 5.26. The molecule has 2 aromatic carbocycles. The Morgan fingerprint density at radius 2 is 1.74 bits per heavy atom. The largest absolute Gasteiger partial charge is 0.369 e. The summed E-state index contributed by atoms with van der Waals surface area (Å²) in [6.45, 7) is 0.819. The molecule has 0 aromatic heterocycles. The minimum absolute atomic E-state index is 0.309. The summed E-state index contributed by atoms with van der Waals surface area (Å²) in [5, 5.41) is 4.29. The molecular weight excluding hydrogens is 338 g/mol. The molecular formula is C17H17Cl2FN2O. The van der Waals surface area contributed by atoms with Gasteiger partial charge in [-0.1, -0.05) is 41.4 Å². The Labute approximate surface area is 144 Å². The Morgan fingerprint density at radius 1 is 1.13 bits per heavy atom. The van der Waals surface area contributed by atoms with Crippen LogP contribution in [0.2, 0.25) is 10.0 Å². The van der Waals surface area contributed by atoms with E-state index in [4.69, 9.17) is 28.9 Å². The van der Waals surface area contributed by atoms with Crippen LogP contribution in [0.5, 0.6) is 0 Å². The van der Waals surface area contributed by atoms with Crippen LogP contribution < -0.4 is 11.1 Å². The molecule has 6 heteroatoms. The molecule has 0 bridgehead atoms. The molecule has 0 aliphatic heterocycles. The predicted molar refractivity (Wildman–Crippen MR) is 91.0 cm³/mol. The lowest BCUT2D eigenvalue weighted by atomic mass is 9.98. The second kappa shape index (κ2) is 8.29. The van der Waals surface area contributed by atoms with Crippen LogP contribution in [0.15, 0.2) is 42.5 Å². The van der Waals surface area contributed by atoms with Crippen LogP contribution in [0.1, 0.15) is 11.1 Å². The number of primary amides is 1. The van der Waals surface area contributed by atoms with Crippen LogP contribution in [0.3, 0.4) is 0 Å². The standard InChI is InChI=1S/C17H17Cl2FN2O/c18-15-2-1-3-16(19)14(15)10-22-9-12(17(21)23)8-11-4-6-13(20)7-5-11/h1-7,12,22H,8-10H2,(H2,21,23). The van der Waals surface area contributed by atoms with Crippen LogP contribution in [0.4, 0.5) is 4.39 Å². The van der Waals surface area contributed by atoms with Gasteiger partial charge >= 0.3 is 0 Å². The topological polar surface area (TPSA) is 55.1 Å². The Bertz CT molecular complexity index is 657. The quantitative estimate of drug-likeness (QED) is 0.798. The van der Waals surface area contributed by atoms with Gasteiger partial charge in [-0.15, -0.1) is 0 Å². The highest BCUT2D eigenvalue weighted by atomic mass is 35.5. The van der Waals surface area contributed by atoms with E-state index in [0.717, 1.165) is 11.1 Å². The Hall–Kier alpha value is -1.62. The molecule has 0 saturated carbocycles. The summed E-state index contributed by atoms with van der Waals surface area (Å²) >= 11 is 12.2. The van der Waals surface area contributed by atoms with Gasteiger partial charge in [0.25, 0.3) is 0 Å². The first-order valence-electron chi connectivity index (χ1n) is 7.14. The molecule has 3 nitrogen and oxygen atoms in total. The van der Waals surface area contributed by atoms with E-state index >= 15 is 0 Å². The van der Waals surface area contributed by atoms with Gasteiger partial charge in [0.2, 0.25) is 5.91 Å². The van der Waals surface area contributed by atoms with Crippen LogP contribution >= 0.6 is 23.2 Å². The maximum absolute atomic E-state index is 12.9. The molecule has 3 N–H and O–H groups in total. The Kier molecular flexibility index (Phi) is 6.39. The molecule has 2 rings (SSSR count). The fourth-order valence-corrected chi connectivity index (χ4v) is 2.78. The zero-order chi connectivity index (χ0) is 16.8. The summed E-state index contributed by atoms with van der Waals surface area (Å²) < 4.78 is 12.9. The van der Waals surface area contributed by atoms with Gasteiger partial charge in [-0.25, -0.2) is 4.39 Å². The number of carbonyl (C=O) groups excluding carboxylic acids is 1. The van der Waals surface area contributed by atoms with Crippen molar-refractivity contribution in [1.82, 2.24) is 5.32 Å². The SMILES string of the molecule is NC(=O)C(CNCc1c(Cl)cccc1Cl)Cc1ccc(F)cc1. The van der Waals surface area contributed by atoms with Crippen molar-refractivity contribution in [1.29, 1.82) is 0 Å². The van der Waals surface area contributed by atoms with E-state index in [2.05, 4.69) is 5.32 Å². The summed E-state index contributed by atoms with van der Waals surface area (Å²) in [5.41, 5.74) is 7.08. The number of hydrogen-bond donors (Lipinski definition) is 2. The highest BCUT2D eigenvalue weighted by Gasteiger charge is 2.16. The minimum atomic E-state index is -0.410. The smallest absolute Gasteiger partial charge is 0.222 e. The van der Waals surface area contributed by atoms with Crippen molar-refractivity contribution < 1.29 is 9.18 Å². The van der Waals surface area contributed by atoms with E-state index in [9.17, 15) is 9.18 Å². The first kappa shape index (κ1) is 17.7. The van der Waals surface area contributed by atoms with Crippen molar-refractivity contribution in [3.05, 3.63) is 69.5 Å². The number of carbonyl (C=O) groups is 1. The zero-order valence-corrected chi connectivity index (χ0v) is 13.9. The zero-order valence-electron chi connectivity index (χ0n) is 12.4. The summed E-state index contributed by atoms with van der Waals surface area (Å²) in [7, 11) is 0. The summed E-state index contributed by atoms with van der Waals surface area (Å²) in [6, 6.07) is 11.3. The van der Waals surface area contributed by atoms with Gasteiger partial charge < -0.3 is 11.1 Å². The van der Waals surface area contributed by atoms with E-state index in [1.165, 1.54) is 12.1 Å². The Morgan fingerprint density at radius 3 is 2.30 bits per heavy atom. The van der Waals surface area contributed by atoms with Gasteiger partial charge in [0, 0.05) is 28.7 Å². The third kappa shape index (κ3) is 5.20. The third-order valence-corrected chi connectivity index (χ3v) is 4.26. The second-order valence-corrected chi connectivity index (χ2v) is 6.08. The summed E-state index contributed by atoms with van der Waals surface area (Å²) in [5.74, 6) is -1.12. The molecule has 0 aliphatic carbocycles. The van der Waals surface area contributed by atoms with Gasteiger partial charge in [0.05, 0.1) is 5.92 Å². The van der Waals surface area contributed by atoms with Crippen LogP contribution in [-0.4, -0.2) is 12.5 Å². The van der Waals surface area contributed by atoms with Crippen molar-refractivity contribution in [2.75, 3.05) is 6.54 Å². The lowest BCUT2D eigenvalue weighted by Crippen LogP contribution is -2.34. The van der Waals surface area contributed by atoms with Gasteiger partial charge in [-0.2, -0.15) is 0 Å². The highest BCUT2D eigenvalue weighted by molar-refractivity contribution is 6.35. The number of benzene rings is 2. The predicted octanol–water partition coefficient (Wildman–Crippen LogP) is 3.57. The number of nitrogens with two attached hydrogens (primary N) is 1. The summed E-state index contributed by atoms with van der Waals surface area (Å²) in [4.78, 5) is 11.6. The fraction of sp³-hybridized carbons (Fsp3) is 0.235. The summed E-state index contributed by atoms with van der Waals surface area (Å²) in [6.07, 6.45) is 0.443. The average Bonchev–Trinajstić information content (AvgIpc) is 2.51. The van der Waals surface area contributed by atoms with Crippen molar-refractivity contribution in [2.24, 2.45) is 11.7 Å². The number of nitrogens with one attached hydrogen (secondary N) is 1. The molecule has 0 heterocycles. The lowest BCUT2D eigenvalue weighted by Gasteiger charge is -2.15. The minimum Gasteiger partial charge on any atom is -0.369 e. The molecule has 1 amide bonds. The molecule has 1 unspecified atom stereocenters. The molecule has 0 saturated heterocycles. The number of rotatable bonds is 7. The molecule has 0 radical (unpaired) electrons. The normalized spacial score (nSPS) is 12.1. The van der Waals surface area contributed by atoms with Crippen LogP contribution in [-0.2, 0) is 17.8 Å². The highest BCUT2D eigenvalue weighted by Crippen LogP contribution is 2.24. The Balaban J connectivity index is 1.95. The van der Waals surface area contributed by atoms with E-state index in [1.807, 2.05) is 0 Å². The van der Waals surface area contributed by atoms with Crippen LogP contribution in [0, 0.1) is 11.7 Å².